The lowest BCUT2D eigenvalue weighted by Crippen LogP contribution is -2.32. The number of nitrogen functional groups attached to an aromatic ring is 2. The Bertz CT molecular complexity index is 424. The lowest BCUT2D eigenvalue weighted by Gasteiger charge is -2.28. The van der Waals surface area contributed by atoms with Crippen molar-refractivity contribution in [3.63, 3.8) is 0 Å². The fourth-order valence-corrected chi connectivity index (χ4v) is 1.62. The molecule has 0 fully saturated rings. The van der Waals surface area contributed by atoms with Crippen molar-refractivity contribution >= 4 is 28.7 Å². The van der Waals surface area contributed by atoms with Crippen LogP contribution in [0.1, 0.15) is 20.3 Å². The Hall–Kier alpha value is -1.20. The monoisotopic (exact) mass is 261 g/mol. The summed E-state index contributed by atoms with van der Waals surface area (Å²) in [7, 11) is 0. The van der Waals surface area contributed by atoms with Crippen LogP contribution in [0.5, 0.6) is 0 Å². The summed E-state index contributed by atoms with van der Waals surface area (Å²) in [6.45, 7) is 3.64. The summed E-state index contributed by atoms with van der Waals surface area (Å²) in [4.78, 5) is 0. The van der Waals surface area contributed by atoms with Gasteiger partial charge in [-0.15, -0.1) is 0 Å². The van der Waals surface area contributed by atoms with Crippen molar-refractivity contribution in [2.75, 3.05) is 23.4 Å². The van der Waals surface area contributed by atoms with E-state index in [0.717, 1.165) is 0 Å². The second kappa shape index (κ2) is 4.98. The van der Waals surface area contributed by atoms with E-state index in [0.29, 0.717) is 6.42 Å². The van der Waals surface area contributed by atoms with Crippen LogP contribution in [0, 0.1) is 5.82 Å². The SMILES string of the molecule is CC(C)(CCO)Nc1c(N)cc(N)c(Cl)c1F. The summed E-state index contributed by atoms with van der Waals surface area (Å²) in [5, 5.41) is 11.7. The molecule has 0 amide bonds. The molecule has 0 bridgehead atoms. The number of nitrogens with one attached hydrogen (secondary N) is 1. The second-order valence-corrected chi connectivity index (χ2v) is 4.92. The molecule has 0 unspecified atom stereocenters. The van der Waals surface area contributed by atoms with Gasteiger partial charge in [-0.3, -0.25) is 0 Å². The number of benzene rings is 1. The van der Waals surface area contributed by atoms with E-state index >= 15 is 0 Å². The maximum atomic E-state index is 13.9. The summed E-state index contributed by atoms with van der Waals surface area (Å²) in [6.07, 6.45) is 0.452. The zero-order chi connectivity index (χ0) is 13.2. The minimum Gasteiger partial charge on any atom is -0.397 e. The highest BCUT2D eigenvalue weighted by atomic mass is 35.5. The molecule has 6 heteroatoms. The van der Waals surface area contributed by atoms with Gasteiger partial charge in [0.15, 0.2) is 5.82 Å². The van der Waals surface area contributed by atoms with Gasteiger partial charge in [-0.25, -0.2) is 4.39 Å². The zero-order valence-corrected chi connectivity index (χ0v) is 10.6. The quantitative estimate of drug-likeness (QED) is 0.626. The van der Waals surface area contributed by atoms with Crippen LogP contribution in [0.4, 0.5) is 21.5 Å². The van der Waals surface area contributed by atoms with Gasteiger partial charge in [0.25, 0.3) is 0 Å². The molecule has 96 valence electrons. The minimum atomic E-state index is -0.671. The van der Waals surface area contributed by atoms with Crippen LogP contribution in [0.25, 0.3) is 0 Å². The van der Waals surface area contributed by atoms with Crippen LogP contribution in [0.2, 0.25) is 5.02 Å². The predicted molar refractivity (Wildman–Crippen MR) is 69.6 cm³/mol. The smallest absolute Gasteiger partial charge is 0.169 e. The summed E-state index contributed by atoms with van der Waals surface area (Å²) in [5.41, 5.74) is 11.1. The van der Waals surface area contributed by atoms with Gasteiger partial charge >= 0.3 is 0 Å². The predicted octanol–water partition coefficient (Wildman–Crippen LogP) is 2.22. The van der Waals surface area contributed by atoms with Gasteiger partial charge in [0.05, 0.1) is 17.1 Å². The average Bonchev–Trinajstić information content (AvgIpc) is 2.21. The molecule has 0 radical (unpaired) electrons. The maximum absolute atomic E-state index is 13.9. The van der Waals surface area contributed by atoms with Crippen LogP contribution in [-0.4, -0.2) is 17.3 Å². The molecule has 0 saturated heterocycles. The van der Waals surface area contributed by atoms with E-state index in [1.54, 1.807) is 0 Å². The van der Waals surface area contributed by atoms with Crippen LogP contribution in [0.3, 0.4) is 0 Å². The van der Waals surface area contributed by atoms with E-state index in [4.69, 9.17) is 28.2 Å². The van der Waals surface area contributed by atoms with E-state index in [1.807, 2.05) is 13.8 Å². The Morgan fingerprint density at radius 3 is 2.53 bits per heavy atom. The second-order valence-electron chi connectivity index (χ2n) is 4.54. The molecule has 0 atom stereocenters. The fraction of sp³-hybridized carbons (Fsp3) is 0.455. The highest BCUT2D eigenvalue weighted by molar-refractivity contribution is 6.33. The molecule has 1 aromatic rings. The number of aliphatic hydroxyl groups excluding tert-OH is 1. The molecule has 0 aliphatic heterocycles. The largest absolute Gasteiger partial charge is 0.397 e. The summed E-state index contributed by atoms with van der Waals surface area (Å²) in [6, 6.07) is 1.41. The highest BCUT2D eigenvalue weighted by Gasteiger charge is 2.22. The van der Waals surface area contributed by atoms with Gasteiger partial charge in [-0.1, -0.05) is 11.6 Å². The Kier molecular flexibility index (Phi) is 4.06. The number of hydrogen-bond donors (Lipinski definition) is 4. The van der Waals surface area contributed by atoms with Crippen molar-refractivity contribution in [3.05, 3.63) is 16.9 Å². The van der Waals surface area contributed by atoms with E-state index in [1.165, 1.54) is 6.07 Å². The summed E-state index contributed by atoms with van der Waals surface area (Å²) < 4.78 is 13.9. The van der Waals surface area contributed by atoms with Gasteiger partial charge in [-0.2, -0.15) is 0 Å². The van der Waals surface area contributed by atoms with Crippen LogP contribution in [0.15, 0.2) is 6.07 Å². The minimum absolute atomic E-state index is 0.00969. The molecule has 1 aromatic carbocycles. The van der Waals surface area contributed by atoms with Gasteiger partial charge in [0.2, 0.25) is 0 Å². The van der Waals surface area contributed by atoms with Crippen molar-refractivity contribution < 1.29 is 9.50 Å². The highest BCUT2D eigenvalue weighted by Crippen LogP contribution is 2.35. The van der Waals surface area contributed by atoms with Gasteiger partial charge in [0.1, 0.15) is 5.02 Å². The number of halogens is 2. The van der Waals surface area contributed by atoms with Crippen molar-refractivity contribution in [2.45, 2.75) is 25.8 Å². The fourth-order valence-electron chi connectivity index (χ4n) is 1.47. The number of nitrogens with two attached hydrogens (primary N) is 2. The topological polar surface area (TPSA) is 84.3 Å². The molecule has 0 spiro atoms. The van der Waals surface area contributed by atoms with E-state index in [9.17, 15) is 4.39 Å². The van der Waals surface area contributed by atoms with Crippen molar-refractivity contribution in [1.82, 2.24) is 0 Å². The number of anilines is 3. The van der Waals surface area contributed by atoms with E-state index < -0.39 is 11.4 Å². The first-order valence-corrected chi connectivity index (χ1v) is 5.58. The summed E-state index contributed by atoms with van der Waals surface area (Å²) in [5.74, 6) is -0.671. The van der Waals surface area contributed by atoms with Crippen molar-refractivity contribution in [2.24, 2.45) is 0 Å². The number of rotatable bonds is 4. The Balaban J connectivity index is 3.11. The van der Waals surface area contributed by atoms with Crippen molar-refractivity contribution in [1.29, 1.82) is 0 Å². The molecule has 6 N–H and O–H groups in total. The first-order valence-electron chi connectivity index (χ1n) is 5.20. The zero-order valence-electron chi connectivity index (χ0n) is 9.85. The molecule has 17 heavy (non-hydrogen) atoms. The Morgan fingerprint density at radius 1 is 1.41 bits per heavy atom. The molecule has 0 aliphatic rings. The van der Waals surface area contributed by atoms with Gasteiger partial charge < -0.3 is 21.9 Å². The molecule has 0 aromatic heterocycles. The van der Waals surface area contributed by atoms with Gasteiger partial charge in [0, 0.05) is 12.1 Å². The lowest BCUT2D eigenvalue weighted by molar-refractivity contribution is 0.260. The molecular weight excluding hydrogens is 245 g/mol. The lowest BCUT2D eigenvalue weighted by atomic mass is 10.0. The molecular formula is C11H17ClFN3O. The Morgan fingerprint density at radius 2 is 2.00 bits per heavy atom. The van der Waals surface area contributed by atoms with Crippen LogP contribution in [-0.2, 0) is 0 Å². The third-order valence-electron chi connectivity index (χ3n) is 2.47. The normalized spacial score (nSPS) is 11.6. The standard InChI is InChI=1S/C11H17ClFN3O/c1-11(2,3-4-17)16-10-7(15)5-6(14)8(12)9(10)13/h5,16-17H,3-4,14-15H2,1-2H3. The third-order valence-corrected chi connectivity index (χ3v) is 2.85. The first-order chi connectivity index (χ1) is 7.78. The molecule has 1 rings (SSSR count). The Labute approximate surface area is 105 Å². The molecule has 4 nitrogen and oxygen atoms in total. The summed E-state index contributed by atoms with van der Waals surface area (Å²) >= 11 is 5.72. The third kappa shape index (κ3) is 3.14. The maximum Gasteiger partial charge on any atom is 0.169 e. The molecule has 0 aliphatic carbocycles. The molecule has 0 heterocycles. The van der Waals surface area contributed by atoms with E-state index in [-0.39, 0.29) is 28.7 Å². The van der Waals surface area contributed by atoms with Crippen LogP contribution >= 0.6 is 11.6 Å². The molecule has 0 saturated carbocycles. The number of aliphatic hydroxyl groups is 1. The number of hydrogen-bond acceptors (Lipinski definition) is 4. The van der Waals surface area contributed by atoms with Crippen LogP contribution < -0.4 is 16.8 Å². The van der Waals surface area contributed by atoms with Crippen molar-refractivity contribution in [3.8, 4) is 0 Å². The first kappa shape index (κ1) is 13.9. The van der Waals surface area contributed by atoms with E-state index in [2.05, 4.69) is 5.32 Å². The van der Waals surface area contributed by atoms with Gasteiger partial charge in [-0.05, 0) is 26.3 Å². The average molecular weight is 262 g/mol.